The van der Waals surface area contributed by atoms with E-state index in [4.69, 9.17) is 0 Å². The Bertz CT molecular complexity index is 532. The third kappa shape index (κ3) is 1.64. The van der Waals surface area contributed by atoms with Crippen molar-refractivity contribution in [3.63, 3.8) is 0 Å². The Labute approximate surface area is 135 Å². The fourth-order valence-electron chi connectivity index (χ4n) is 6.92. The van der Waals surface area contributed by atoms with Gasteiger partial charge in [-0.05, 0) is 73.2 Å². The lowest BCUT2D eigenvalue weighted by molar-refractivity contribution is -0.161. The molecule has 4 aliphatic rings. The molecule has 4 rings (SSSR count). The van der Waals surface area contributed by atoms with Gasteiger partial charge in [-0.1, -0.05) is 45.4 Å². The summed E-state index contributed by atoms with van der Waals surface area (Å²) in [4.78, 5) is 0. The van der Waals surface area contributed by atoms with Crippen LogP contribution in [0.15, 0.2) is 23.8 Å². The highest BCUT2D eigenvalue weighted by Gasteiger charge is 2.65. The molecule has 0 unspecified atom stereocenters. The Morgan fingerprint density at radius 2 is 2.00 bits per heavy atom. The first-order chi connectivity index (χ1) is 10.5. The van der Waals surface area contributed by atoms with Crippen LogP contribution in [0.5, 0.6) is 0 Å². The highest BCUT2D eigenvalue weighted by molar-refractivity contribution is 5.36. The summed E-state index contributed by atoms with van der Waals surface area (Å²) < 4.78 is 0. The molecule has 0 amide bonds. The Hall–Kier alpha value is -0.560. The van der Waals surface area contributed by atoms with Gasteiger partial charge in [0.25, 0.3) is 0 Å². The Balaban J connectivity index is 1.78. The van der Waals surface area contributed by atoms with Crippen LogP contribution in [0.25, 0.3) is 0 Å². The van der Waals surface area contributed by atoms with E-state index in [9.17, 15) is 5.11 Å². The molecule has 0 heterocycles. The van der Waals surface area contributed by atoms with Gasteiger partial charge >= 0.3 is 0 Å². The van der Waals surface area contributed by atoms with E-state index in [-0.39, 0.29) is 5.41 Å². The Kier molecular flexibility index (Phi) is 3.22. The Morgan fingerprint density at radius 3 is 2.77 bits per heavy atom. The molecule has 0 radical (unpaired) electrons. The van der Waals surface area contributed by atoms with E-state index in [1.165, 1.54) is 44.9 Å². The van der Waals surface area contributed by atoms with Crippen molar-refractivity contribution in [3.05, 3.63) is 23.8 Å². The van der Waals surface area contributed by atoms with E-state index in [2.05, 4.69) is 39.0 Å². The maximum absolute atomic E-state index is 11.8. The summed E-state index contributed by atoms with van der Waals surface area (Å²) in [6.07, 6.45) is 17.1. The molecule has 0 saturated heterocycles. The highest BCUT2D eigenvalue weighted by atomic mass is 16.3. The number of rotatable bonds is 1. The average Bonchev–Trinajstić information content (AvgIpc) is 2.78. The molecule has 1 heteroatoms. The summed E-state index contributed by atoms with van der Waals surface area (Å²) >= 11 is 0. The second-order valence-corrected chi connectivity index (χ2v) is 8.98. The molecule has 0 aromatic carbocycles. The predicted octanol–water partition coefficient (Wildman–Crippen LogP) is 5.26. The SMILES string of the molecule is CC[C@H]1CC[C@@]2(O)[C@@H]3C=CC4=CCCC[C@]4(C)[C@H]3CC[C@]12C. The lowest BCUT2D eigenvalue weighted by atomic mass is 9.47. The molecule has 22 heavy (non-hydrogen) atoms. The first-order valence-corrected chi connectivity index (χ1v) is 9.57. The maximum atomic E-state index is 11.8. The molecule has 122 valence electrons. The second kappa shape index (κ2) is 4.72. The summed E-state index contributed by atoms with van der Waals surface area (Å²) in [6, 6.07) is 0. The van der Waals surface area contributed by atoms with Crippen molar-refractivity contribution in [2.45, 2.75) is 77.7 Å². The first kappa shape index (κ1) is 15.0. The number of hydrogen-bond acceptors (Lipinski definition) is 1. The normalized spacial score (nSPS) is 53.5. The van der Waals surface area contributed by atoms with Crippen LogP contribution in [-0.2, 0) is 0 Å². The molecule has 0 bridgehead atoms. The van der Waals surface area contributed by atoms with E-state index in [0.717, 1.165) is 6.42 Å². The zero-order chi connectivity index (χ0) is 15.6. The van der Waals surface area contributed by atoms with Crippen LogP contribution in [0.2, 0.25) is 0 Å². The van der Waals surface area contributed by atoms with E-state index >= 15 is 0 Å². The minimum absolute atomic E-state index is 0.138. The van der Waals surface area contributed by atoms with Gasteiger partial charge in [0.2, 0.25) is 0 Å². The number of aliphatic hydroxyl groups is 1. The monoisotopic (exact) mass is 300 g/mol. The molecule has 0 aromatic rings. The minimum Gasteiger partial charge on any atom is -0.389 e. The molecule has 0 spiro atoms. The van der Waals surface area contributed by atoms with Gasteiger partial charge < -0.3 is 5.11 Å². The number of allylic oxidation sites excluding steroid dienone is 3. The van der Waals surface area contributed by atoms with Gasteiger partial charge in [-0.25, -0.2) is 0 Å². The topological polar surface area (TPSA) is 20.2 Å². The largest absolute Gasteiger partial charge is 0.389 e. The number of hydrogen-bond donors (Lipinski definition) is 1. The van der Waals surface area contributed by atoms with Crippen molar-refractivity contribution in [3.8, 4) is 0 Å². The van der Waals surface area contributed by atoms with Gasteiger partial charge in [0, 0.05) is 5.92 Å². The second-order valence-electron chi connectivity index (χ2n) is 8.98. The minimum atomic E-state index is -0.459. The summed E-state index contributed by atoms with van der Waals surface area (Å²) in [5.74, 6) is 1.74. The smallest absolute Gasteiger partial charge is 0.0769 e. The van der Waals surface area contributed by atoms with Crippen LogP contribution < -0.4 is 0 Å². The molecule has 1 N–H and O–H groups in total. The molecule has 6 atom stereocenters. The highest BCUT2D eigenvalue weighted by Crippen LogP contribution is 2.67. The Morgan fingerprint density at radius 1 is 1.18 bits per heavy atom. The van der Waals surface area contributed by atoms with Crippen molar-refractivity contribution in [2.75, 3.05) is 0 Å². The molecule has 4 aliphatic carbocycles. The van der Waals surface area contributed by atoms with Crippen molar-refractivity contribution < 1.29 is 5.11 Å². The zero-order valence-corrected chi connectivity index (χ0v) is 14.6. The molecule has 1 nitrogen and oxygen atoms in total. The molecular formula is C21H32O. The summed E-state index contributed by atoms with van der Waals surface area (Å²) in [6.45, 7) is 7.19. The molecule has 2 fully saturated rings. The fraction of sp³-hybridized carbons (Fsp3) is 0.810. The van der Waals surface area contributed by atoms with Gasteiger partial charge in [0.15, 0.2) is 0 Å². The molecule has 0 aliphatic heterocycles. The van der Waals surface area contributed by atoms with Crippen LogP contribution in [0.4, 0.5) is 0 Å². The van der Waals surface area contributed by atoms with E-state index in [0.29, 0.717) is 23.2 Å². The van der Waals surface area contributed by atoms with Crippen molar-refractivity contribution in [2.24, 2.45) is 28.6 Å². The fourth-order valence-corrected chi connectivity index (χ4v) is 6.92. The van der Waals surface area contributed by atoms with Crippen molar-refractivity contribution >= 4 is 0 Å². The maximum Gasteiger partial charge on any atom is 0.0769 e. The van der Waals surface area contributed by atoms with Gasteiger partial charge in [-0.3, -0.25) is 0 Å². The standard InChI is InChI=1S/C21H32O/c1-4-15-10-14-21(22)18-9-8-16-7-5-6-12-19(16,2)17(18)11-13-20(15,21)3/h7-9,15,17-18,22H,4-6,10-14H2,1-3H3/t15-,17-,18+,19-,20+,21+/m0/s1. The molecule has 2 saturated carbocycles. The molecular weight excluding hydrogens is 268 g/mol. The van der Waals surface area contributed by atoms with Crippen LogP contribution in [0.3, 0.4) is 0 Å². The van der Waals surface area contributed by atoms with Crippen molar-refractivity contribution in [1.29, 1.82) is 0 Å². The zero-order valence-electron chi connectivity index (χ0n) is 14.6. The average molecular weight is 300 g/mol. The lowest BCUT2D eigenvalue weighted by Crippen LogP contribution is -2.59. The third-order valence-electron chi connectivity index (χ3n) is 8.44. The van der Waals surface area contributed by atoms with Crippen LogP contribution >= 0.6 is 0 Å². The summed E-state index contributed by atoms with van der Waals surface area (Å²) in [7, 11) is 0. The van der Waals surface area contributed by atoms with Crippen LogP contribution in [0.1, 0.15) is 72.1 Å². The van der Waals surface area contributed by atoms with Gasteiger partial charge in [0.1, 0.15) is 0 Å². The van der Waals surface area contributed by atoms with E-state index in [1.54, 1.807) is 5.57 Å². The summed E-state index contributed by atoms with van der Waals surface area (Å²) in [5.41, 5.74) is 1.56. The number of fused-ring (bicyclic) bond motifs is 5. The van der Waals surface area contributed by atoms with Gasteiger partial charge in [0.05, 0.1) is 5.60 Å². The molecule has 0 aromatic heterocycles. The summed E-state index contributed by atoms with van der Waals surface area (Å²) in [5, 5.41) is 11.8. The first-order valence-electron chi connectivity index (χ1n) is 9.57. The van der Waals surface area contributed by atoms with E-state index < -0.39 is 5.60 Å². The quantitative estimate of drug-likeness (QED) is 0.700. The predicted molar refractivity (Wildman–Crippen MR) is 91.5 cm³/mol. The third-order valence-corrected chi connectivity index (χ3v) is 8.44. The van der Waals surface area contributed by atoms with E-state index in [1.807, 2.05) is 0 Å². The van der Waals surface area contributed by atoms with Gasteiger partial charge in [-0.2, -0.15) is 0 Å². The van der Waals surface area contributed by atoms with Gasteiger partial charge in [-0.15, -0.1) is 0 Å². The van der Waals surface area contributed by atoms with Crippen molar-refractivity contribution in [1.82, 2.24) is 0 Å². The lowest BCUT2D eigenvalue weighted by Gasteiger charge is -2.59. The van der Waals surface area contributed by atoms with Crippen LogP contribution in [-0.4, -0.2) is 10.7 Å². The van der Waals surface area contributed by atoms with Crippen LogP contribution in [0, 0.1) is 28.6 Å².